The number of rotatable bonds is 4. The lowest BCUT2D eigenvalue weighted by molar-refractivity contribution is -0.116. The summed E-state index contributed by atoms with van der Waals surface area (Å²) in [5.41, 5.74) is -0.0277. The summed E-state index contributed by atoms with van der Waals surface area (Å²) in [6.07, 6.45) is 0.734. The lowest BCUT2D eigenvalue weighted by Gasteiger charge is -2.25. The molecule has 1 unspecified atom stereocenters. The van der Waals surface area contributed by atoms with E-state index >= 15 is 0 Å². The third-order valence-corrected chi connectivity index (χ3v) is 5.67. The Morgan fingerprint density at radius 3 is 2.75 bits per heavy atom. The SMILES string of the molecule is O=C1CC(c2cc(F)ccc2F)N(c2ccn3nc(F)c(NC(=S)N[C@H]4C[C@H]4F)c3n2)C1. The first-order valence-electron chi connectivity index (χ1n) is 9.80. The number of hydrogen-bond donors (Lipinski definition) is 2. The van der Waals surface area contributed by atoms with Crippen LogP contribution < -0.4 is 15.5 Å². The van der Waals surface area contributed by atoms with Crippen LogP contribution in [0.5, 0.6) is 0 Å². The Balaban J connectivity index is 1.48. The fraction of sp³-hybridized carbons (Fsp3) is 0.300. The van der Waals surface area contributed by atoms with Gasteiger partial charge in [0.15, 0.2) is 16.5 Å². The van der Waals surface area contributed by atoms with Gasteiger partial charge in [0.05, 0.1) is 18.6 Å². The van der Waals surface area contributed by atoms with Crippen LogP contribution in [0.25, 0.3) is 5.65 Å². The highest BCUT2D eigenvalue weighted by Crippen LogP contribution is 2.36. The van der Waals surface area contributed by atoms with Gasteiger partial charge in [0.2, 0.25) is 0 Å². The number of hydrogen-bond acceptors (Lipinski definition) is 5. The van der Waals surface area contributed by atoms with Gasteiger partial charge in [-0.2, -0.15) is 4.39 Å². The van der Waals surface area contributed by atoms with E-state index in [4.69, 9.17) is 12.2 Å². The van der Waals surface area contributed by atoms with Crippen molar-refractivity contribution in [3.8, 4) is 0 Å². The Hall–Kier alpha value is -3.28. The molecule has 0 bridgehead atoms. The van der Waals surface area contributed by atoms with Crippen molar-refractivity contribution in [1.29, 1.82) is 0 Å². The third-order valence-electron chi connectivity index (χ3n) is 5.45. The maximum absolute atomic E-state index is 14.4. The molecule has 5 rings (SSSR count). The van der Waals surface area contributed by atoms with Gasteiger partial charge >= 0.3 is 0 Å². The molecule has 0 amide bonds. The van der Waals surface area contributed by atoms with Crippen LogP contribution in [0.4, 0.5) is 29.1 Å². The van der Waals surface area contributed by atoms with Gasteiger partial charge in [-0.15, -0.1) is 5.10 Å². The van der Waals surface area contributed by atoms with Crippen molar-refractivity contribution in [2.24, 2.45) is 0 Å². The fourth-order valence-electron chi connectivity index (χ4n) is 3.77. The van der Waals surface area contributed by atoms with Gasteiger partial charge in [0.1, 0.15) is 29.3 Å². The second-order valence-electron chi connectivity index (χ2n) is 7.73. The first-order chi connectivity index (χ1) is 15.3. The molecule has 0 radical (unpaired) electrons. The van der Waals surface area contributed by atoms with Crippen LogP contribution in [-0.2, 0) is 4.79 Å². The summed E-state index contributed by atoms with van der Waals surface area (Å²) in [5.74, 6) is -2.06. The number of alkyl halides is 1. The predicted molar refractivity (Wildman–Crippen MR) is 112 cm³/mol. The molecule has 3 aromatic rings. The zero-order chi connectivity index (χ0) is 22.6. The maximum Gasteiger partial charge on any atom is 0.258 e. The zero-order valence-electron chi connectivity index (χ0n) is 16.4. The smallest absolute Gasteiger partial charge is 0.258 e. The number of fused-ring (bicyclic) bond motifs is 1. The highest BCUT2D eigenvalue weighted by atomic mass is 32.1. The van der Waals surface area contributed by atoms with Crippen LogP contribution in [0.1, 0.15) is 24.4 Å². The largest absolute Gasteiger partial charge is 0.357 e. The van der Waals surface area contributed by atoms with Crippen molar-refractivity contribution < 1.29 is 22.4 Å². The highest BCUT2D eigenvalue weighted by molar-refractivity contribution is 7.80. The number of Topliss-reactive ketones (excluding diaryl/α,β-unsaturated/α-hetero) is 1. The molecular formula is C20H16F4N6OS. The number of nitrogens with one attached hydrogen (secondary N) is 2. The van der Waals surface area contributed by atoms with E-state index in [1.54, 1.807) is 0 Å². The summed E-state index contributed by atoms with van der Waals surface area (Å²) in [7, 11) is 0. The van der Waals surface area contributed by atoms with Crippen LogP contribution in [0.15, 0.2) is 30.5 Å². The van der Waals surface area contributed by atoms with Gasteiger partial charge in [0, 0.05) is 24.6 Å². The molecular weight excluding hydrogens is 448 g/mol. The Labute approximate surface area is 184 Å². The standard InChI is InChI=1S/C20H16F4N6OS/c21-9-1-2-12(22)11(5-9)15-6-10(31)8-29(15)16-3-4-30-19(26-16)17(18(24)28-30)27-20(32)25-14-7-13(14)23/h1-5,13-15H,6-8H2,(H2,25,27,32)/t13-,14+,15?/m1/s1. The van der Waals surface area contributed by atoms with Crippen molar-refractivity contribution in [1.82, 2.24) is 19.9 Å². The molecule has 7 nitrogen and oxygen atoms in total. The Morgan fingerprint density at radius 1 is 1.22 bits per heavy atom. The van der Waals surface area contributed by atoms with Gasteiger partial charge < -0.3 is 15.5 Å². The van der Waals surface area contributed by atoms with E-state index in [0.29, 0.717) is 6.42 Å². The Kier molecular flexibility index (Phi) is 4.96. The molecule has 0 spiro atoms. The molecule has 1 aromatic carbocycles. The lowest BCUT2D eigenvalue weighted by atomic mass is 10.0. The molecule has 3 atom stereocenters. The van der Waals surface area contributed by atoms with E-state index in [-0.39, 0.29) is 46.6 Å². The molecule has 1 saturated carbocycles. The molecule has 166 valence electrons. The monoisotopic (exact) mass is 464 g/mol. The quantitative estimate of drug-likeness (QED) is 0.454. The minimum atomic E-state index is -0.999. The summed E-state index contributed by atoms with van der Waals surface area (Å²) in [5, 5.41) is 9.13. The molecule has 12 heteroatoms. The van der Waals surface area contributed by atoms with Gasteiger partial charge in [-0.05, 0) is 36.5 Å². The Bertz CT molecular complexity index is 1250. The lowest BCUT2D eigenvalue weighted by Crippen LogP contribution is -2.31. The first-order valence-corrected chi connectivity index (χ1v) is 10.2. The number of carbonyl (C=O) groups excluding carboxylic acids is 1. The number of anilines is 2. The number of nitrogens with zero attached hydrogens (tertiary/aromatic N) is 4. The number of thiocarbonyl (C=S) groups is 1. The van der Waals surface area contributed by atoms with Crippen LogP contribution in [0, 0.1) is 17.6 Å². The summed E-state index contributed by atoms with van der Waals surface area (Å²) in [6.45, 7) is -0.0668. The highest BCUT2D eigenvalue weighted by Gasteiger charge is 2.38. The van der Waals surface area contributed by atoms with Crippen LogP contribution in [-0.4, -0.2) is 44.3 Å². The van der Waals surface area contributed by atoms with E-state index in [0.717, 1.165) is 18.2 Å². The van der Waals surface area contributed by atoms with Crippen LogP contribution in [0.2, 0.25) is 0 Å². The topological polar surface area (TPSA) is 74.6 Å². The van der Waals surface area contributed by atoms with E-state index < -0.39 is 35.8 Å². The number of halogens is 4. The van der Waals surface area contributed by atoms with Crippen molar-refractivity contribution in [2.75, 3.05) is 16.8 Å². The van der Waals surface area contributed by atoms with Crippen LogP contribution in [0.3, 0.4) is 0 Å². The minimum Gasteiger partial charge on any atom is -0.357 e. The predicted octanol–water partition coefficient (Wildman–Crippen LogP) is 3.06. The molecule has 1 aliphatic heterocycles. The van der Waals surface area contributed by atoms with Gasteiger partial charge in [-0.3, -0.25) is 4.79 Å². The molecule has 2 N–H and O–H groups in total. The second-order valence-corrected chi connectivity index (χ2v) is 8.14. The maximum atomic E-state index is 14.4. The molecule has 1 saturated heterocycles. The summed E-state index contributed by atoms with van der Waals surface area (Å²) in [4.78, 5) is 18.1. The van der Waals surface area contributed by atoms with Crippen molar-refractivity contribution in [3.63, 3.8) is 0 Å². The number of ketones is 1. The molecule has 2 fully saturated rings. The zero-order valence-corrected chi connectivity index (χ0v) is 17.2. The van der Waals surface area contributed by atoms with Gasteiger partial charge in [-0.1, -0.05) is 0 Å². The minimum absolute atomic E-state index is 0.0206. The molecule has 3 heterocycles. The molecule has 1 aliphatic carbocycles. The summed E-state index contributed by atoms with van der Waals surface area (Å²) >= 11 is 5.11. The van der Waals surface area contributed by atoms with E-state index in [1.165, 1.54) is 21.7 Å². The van der Waals surface area contributed by atoms with Crippen LogP contribution >= 0.6 is 12.2 Å². The molecule has 32 heavy (non-hydrogen) atoms. The third kappa shape index (κ3) is 3.74. The van der Waals surface area contributed by atoms with E-state index in [9.17, 15) is 22.4 Å². The van der Waals surface area contributed by atoms with Crippen molar-refractivity contribution in [2.45, 2.75) is 31.1 Å². The van der Waals surface area contributed by atoms with E-state index in [2.05, 4.69) is 20.7 Å². The van der Waals surface area contributed by atoms with Crippen molar-refractivity contribution in [3.05, 3.63) is 53.6 Å². The average Bonchev–Trinajstić information content (AvgIpc) is 3.15. The average molecular weight is 464 g/mol. The van der Waals surface area contributed by atoms with Gasteiger partial charge in [0.25, 0.3) is 5.95 Å². The summed E-state index contributed by atoms with van der Waals surface area (Å²) < 4.78 is 56.9. The Morgan fingerprint density at radius 2 is 2.00 bits per heavy atom. The first kappa shape index (κ1) is 20.6. The molecule has 2 aromatic heterocycles. The number of carbonyl (C=O) groups is 1. The summed E-state index contributed by atoms with van der Waals surface area (Å²) in [6, 6.07) is 3.38. The molecule has 2 aliphatic rings. The normalized spacial score (nSPS) is 22.4. The second kappa shape index (κ2) is 7.69. The number of aromatic nitrogens is 3. The van der Waals surface area contributed by atoms with Crippen molar-refractivity contribution >= 4 is 40.3 Å². The fourth-order valence-corrected chi connectivity index (χ4v) is 4.02. The van der Waals surface area contributed by atoms with Gasteiger partial charge in [-0.25, -0.2) is 22.7 Å². The number of benzene rings is 1. The van der Waals surface area contributed by atoms with E-state index in [1.807, 2.05) is 0 Å².